The van der Waals surface area contributed by atoms with Crippen LogP contribution in [0.1, 0.15) is 154 Å². The molecule has 9 aromatic rings. The number of epoxide rings is 8. The predicted molar refractivity (Wildman–Crippen MR) is 486 cm³/mol. The summed E-state index contributed by atoms with van der Waals surface area (Å²) in [4.78, 5) is 112. The first-order valence-corrected chi connectivity index (χ1v) is 46.1. The number of carbonyl (C=O) groups excluding carboxylic acids is 6. The fraction of sp³-hybridized carbons (Fsp3) is 0.510. The van der Waals surface area contributed by atoms with E-state index in [1.807, 2.05) is 58.3 Å². The third-order valence-electron chi connectivity index (χ3n) is 26.6. The van der Waals surface area contributed by atoms with Crippen molar-refractivity contribution < 1.29 is 98.8 Å². The maximum absolute atomic E-state index is 17.4. The normalized spacial score (nSPS) is 21.9. The van der Waals surface area contributed by atoms with Crippen molar-refractivity contribution in [1.29, 1.82) is 0 Å². The molecule has 0 aromatic heterocycles. The van der Waals surface area contributed by atoms with Crippen molar-refractivity contribution in [1.82, 2.24) is 39.2 Å². The summed E-state index contributed by atoms with van der Waals surface area (Å²) in [6.45, 7) is 35.9. The fourth-order valence-electron chi connectivity index (χ4n) is 18.4. The van der Waals surface area contributed by atoms with Gasteiger partial charge >= 0.3 is 6.18 Å². The molecule has 0 saturated carbocycles. The van der Waals surface area contributed by atoms with Gasteiger partial charge in [-0.25, -0.2) is 0 Å². The molecule has 694 valence electrons. The number of alkyl halides is 3. The Balaban J connectivity index is 0.843. The van der Waals surface area contributed by atoms with E-state index in [-0.39, 0.29) is 215 Å². The van der Waals surface area contributed by atoms with E-state index in [1.54, 1.807) is 60.4 Å². The summed E-state index contributed by atoms with van der Waals surface area (Å²) in [6, 6.07) is 30.2. The van der Waals surface area contributed by atoms with Gasteiger partial charge in [-0.3, -0.25) is 58.2 Å². The van der Waals surface area contributed by atoms with Gasteiger partial charge in [0.25, 0.3) is 29.5 Å². The van der Waals surface area contributed by atoms with Gasteiger partial charge in [0.05, 0.1) is 124 Å². The van der Waals surface area contributed by atoms with Gasteiger partial charge in [-0.15, -0.1) is 0 Å². The number of halogens is 3. The molecule has 10 aliphatic rings. The van der Waals surface area contributed by atoms with E-state index in [4.69, 9.17) is 56.8 Å². The molecular weight excluding hydrogens is 1680 g/mol. The lowest BCUT2D eigenvalue weighted by atomic mass is 9.80. The highest BCUT2D eigenvalue weighted by Crippen LogP contribution is 2.59. The Morgan fingerprint density at radius 3 is 0.725 bits per heavy atom. The van der Waals surface area contributed by atoms with E-state index >= 15 is 41.9 Å². The first-order valence-electron chi connectivity index (χ1n) is 46.1. The van der Waals surface area contributed by atoms with Crippen molar-refractivity contribution in [2.24, 2.45) is 0 Å². The third kappa shape index (κ3) is 20.1. The van der Waals surface area contributed by atoms with Crippen LogP contribution in [0.5, 0.6) is 46.0 Å². The number of fused-ring (bicyclic) bond motifs is 2. The number of ether oxygens (including phenoxy) is 12. The minimum Gasteiger partial charge on any atom is -0.457 e. The highest BCUT2D eigenvalue weighted by atomic mass is 19.4. The van der Waals surface area contributed by atoms with Crippen LogP contribution in [0.25, 0.3) is 43.1 Å². The number of amides is 6. The number of rotatable bonds is 40. The smallest absolute Gasteiger partial charge is 0.418 e. The molecule has 6 amide bonds. The Morgan fingerprint density at radius 2 is 0.527 bits per heavy atom. The summed E-state index contributed by atoms with van der Waals surface area (Å²) in [5.74, 6) is -6.13. The summed E-state index contributed by atoms with van der Waals surface area (Å²) in [7, 11) is 0. The van der Waals surface area contributed by atoms with Crippen molar-refractivity contribution >= 4 is 78.5 Å². The van der Waals surface area contributed by atoms with Crippen LogP contribution in [0.4, 0.5) is 13.2 Å². The molecule has 0 spiro atoms. The molecule has 10 atom stereocenters. The number of imide groups is 2. The molecule has 10 unspecified atom stereocenters. The number of carbonyl (C=O) groups is 6. The molecular formula is C102H117F3N8O18. The quantitative estimate of drug-likeness (QED) is 0.0149. The minimum absolute atomic E-state index is 0.0268. The Morgan fingerprint density at radius 1 is 0.321 bits per heavy atom. The number of nitrogens with zero attached hydrogens (tertiary/aromatic N) is 8. The average Bonchev–Trinajstić information content (AvgIpc) is 1.30. The first-order chi connectivity index (χ1) is 62.4. The van der Waals surface area contributed by atoms with Gasteiger partial charge in [0.15, 0.2) is 0 Å². The molecule has 19 rings (SSSR count). The maximum atomic E-state index is 17.4. The van der Waals surface area contributed by atoms with Gasteiger partial charge in [-0.05, 0) is 124 Å². The highest BCUT2D eigenvalue weighted by molar-refractivity contribution is 6.45. The van der Waals surface area contributed by atoms with E-state index < -0.39 is 64.8 Å². The van der Waals surface area contributed by atoms with Crippen LogP contribution in [-0.4, -0.2) is 299 Å². The lowest BCUT2D eigenvalue weighted by Crippen LogP contribution is -2.61. The van der Waals surface area contributed by atoms with Gasteiger partial charge in [0.1, 0.15) is 52.0 Å². The van der Waals surface area contributed by atoms with Crippen molar-refractivity contribution in [3.63, 3.8) is 0 Å². The zero-order valence-corrected chi connectivity index (χ0v) is 76.9. The van der Waals surface area contributed by atoms with Crippen LogP contribution < -0.4 is 18.9 Å². The molecule has 9 aromatic carbocycles. The predicted octanol–water partition coefficient (Wildman–Crippen LogP) is 14.7. The molecule has 8 saturated heterocycles. The van der Waals surface area contributed by atoms with E-state index in [0.29, 0.717) is 118 Å². The second kappa shape index (κ2) is 35.1. The monoisotopic (exact) mass is 1800 g/mol. The zero-order valence-electron chi connectivity index (χ0n) is 76.9. The van der Waals surface area contributed by atoms with Crippen molar-refractivity contribution in [3.8, 4) is 46.0 Å². The van der Waals surface area contributed by atoms with Gasteiger partial charge in [-0.1, -0.05) is 132 Å². The summed E-state index contributed by atoms with van der Waals surface area (Å²) in [6.07, 6.45) is -6.02. The highest BCUT2D eigenvalue weighted by Gasteiger charge is 2.57. The molecule has 0 bridgehead atoms. The topological polar surface area (TPSA) is 266 Å². The number of benzene rings is 9. The van der Waals surface area contributed by atoms with E-state index in [0.717, 1.165) is 32.1 Å². The second-order valence-electron chi connectivity index (χ2n) is 41.1. The average molecular weight is 1800 g/mol. The Bertz CT molecular complexity index is 5480. The molecule has 26 nitrogen and oxygen atoms in total. The van der Waals surface area contributed by atoms with Gasteiger partial charge < -0.3 is 66.6 Å². The SMILES string of the molecule is CC(C(=O)N(CCN(CC1CO1)CC1CO1)CCN(CC1CO1)CC1CO1)N1C(=O)c2cc(Oc3ccc(C(C)(C)C)cc3)c3c4c(Oc5ccc(C(C)(C)C)cc5)cc5c6c(cc(Oc7ccc(C(C)(C)C)cc7)c(c7c(Oc8ccc(C(C)(C)C)cc8)cc(c2c37)C1=O)c64)C(=O)N(C(C(=O)N(CCN(CC1CO1)CC1CO1)CCN(CC1CO1)CC1CO1)C(F)(F)F)C5=O. The number of hydrogen-bond donors (Lipinski definition) is 0. The molecule has 0 aliphatic carbocycles. The molecule has 10 heterocycles. The zero-order chi connectivity index (χ0) is 91.8. The molecule has 29 heteroatoms. The van der Waals surface area contributed by atoms with Gasteiger partial charge in [-0.2, -0.15) is 13.2 Å². The van der Waals surface area contributed by atoms with Crippen molar-refractivity contribution in [3.05, 3.63) is 166 Å². The van der Waals surface area contributed by atoms with E-state index in [1.165, 1.54) is 24.3 Å². The van der Waals surface area contributed by atoms with Crippen LogP contribution in [0.2, 0.25) is 0 Å². The molecule has 0 radical (unpaired) electrons. The molecule has 8 fully saturated rings. The minimum atomic E-state index is -5.62. The summed E-state index contributed by atoms with van der Waals surface area (Å²) in [5, 5.41) is 0.605. The molecule has 131 heavy (non-hydrogen) atoms. The van der Waals surface area contributed by atoms with Crippen LogP contribution in [0.15, 0.2) is 121 Å². The lowest BCUT2D eigenvalue weighted by molar-refractivity contribution is -0.186. The summed E-state index contributed by atoms with van der Waals surface area (Å²) < 4.78 is 127. The van der Waals surface area contributed by atoms with Gasteiger partial charge in [0.2, 0.25) is 11.9 Å². The summed E-state index contributed by atoms with van der Waals surface area (Å²) in [5.41, 5.74) is 1.26. The Hall–Kier alpha value is -9.99. The van der Waals surface area contributed by atoms with Crippen LogP contribution in [-0.2, 0) is 69.1 Å². The van der Waals surface area contributed by atoms with Crippen molar-refractivity contribution in [2.75, 3.05) is 158 Å². The second-order valence-corrected chi connectivity index (χ2v) is 41.1. The summed E-state index contributed by atoms with van der Waals surface area (Å²) >= 11 is 0. The van der Waals surface area contributed by atoms with Crippen molar-refractivity contribution in [2.45, 2.75) is 179 Å². The Kier molecular flexibility index (Phi) is 24.2. The van der Waals surface area contributed by atoms with Crippen LogP contribution in [0.3, 0.4) is 0 Å². The van der Waals surface area contributed by atoms with E-state index in [9.17, 15) is 0 Å². The van der Waals surface area contributed by atoms with Crippen LogP contribution in [0, 0.1) is 0 Å². The molecule has 10 aliphatic heterocycles. The third-order valence-corrected chi connectivity index (χ3v) is 26.6. The molecule has 0 N–H and O–H groups in total. The Labute approximate surface area is 760 Å². The lowest BCUT2D eigenvalue weighted by Gasteiger charge is -2.38. The number of hydrogen-bond acceptors (Lipinski definition) is 22. The standard InChI is InChI=1S/C102H117F3N8O18/c1-58(92(114)110(34-30-106(42-67-50-120-67)43-68-51-121-68)35-31-107(44-69-52-122-69)45-70-53-123-70)112-93(115)75-38-79(128-63-22-14-59(15-23-63)98(2,3)4)85-87-81(130-65-26-18-61(19-27-65)100(8,9)10)40-77-84-78(96(118)113(95(77)117)91(102(103,104)105)97(119)111(36-32-108(46-71-54-124-71)47-72-55-125-72)37-33-109(48-73-56-126-73)49-74-57-127-74)41-82(131-66-28-20-62(21-29-66)101(11,12)13)88(90(84)87)86-80(39-76(94(112)116)83(75)89(85)86)129-64-24-16-60(17-25-64)99(5,6)7/h14-29,38-41,58,67-74,91H,30-37,42-57H2,1-13H3. The van der Waals surface area contributed by atoms with Crippen LogP contribution >= 0.6 is 0 Å². The maximum Gasteiger partial charge on any atom is 0.418 e. The fourth-order valence-corrected chi connectivity index (χ4v) is 18.4. The van der Waals surface area contributed by atoms with Gasteiger partial charge in [0, 0.05) is 148 Å². The first kappa shape index (κ1) is 90.2. The largest absolute Gasteiger partial charge is 0.457 e. The van der Waals surface area contributed by atoms with E-state index in [2.05, 4.69) is 92.9 Å².